The van der Waals surface area contributed by atoms with Crippen molar-refractivity contribution in [1.29, 1.82) is 0 Å². The SMILES string of the molecule is O=C(COC(=O)CN1C(=O)CSc2ccccc21)Nc1ccc(C(F)(F)F)cc1[N+](=O)[O-]. The van der Waals surface area contributed by atoms with E-state index in [1.165, 1.54) is 16.7 Å². The molecule has 2 aromatic carbocycles. The molecule has 0 unspecified atom stereocenters. The van der Waals surface area contributed by atoms with Crippen LogP contribution in [-0.2, 0) is 25.3 Å². The van der Waals surface area contributed by atoms with Crippen molar-refractivity contribution in [3.05, 3.63) is 58.1 Å². The summed E-state index contributed by atoms with van der Waals surface area (Å²) in [6, 6.07) is 8.52. The first-order valence-corrected chi connectivity index (χ1v) is 9.88. The van der Waals surface area contributed by atoms with Gasteiger partial charge in [-0.25, -0.2) is 0 Å². The Morgan fingerprint density at radius 1 is 1.22 bits per heavy atom. The number of fused-ring (bicyclic) bond motifs is 1. The van der Waals surface area contributed by atoms with E-state index in [9.17, 15) is 37.7 Å². The number of ether oxygens (including phenoxy) is 1. The van der Waals surface area contributed by atoms with Crippen molar-refractivity contribution in [1.82, 2.24) is 0 Å². The molecule has 0 saturated heterocycles. The lowest BCUT2D eigenvalue weighted by atomic mass is 10.1. The van der Waals surface area contributed by atoms with E-state index in [0.717, 1.165) is 11.0 Å². The van der Waals surface area contributed by atoms with E-state index < -0.39 is 53.1 Å². The lowest BCUT2D eigenvalue weighted by Gasteiger charge is -2.27. The smallest absolute Gasteiger partial charge is 0.416 e. The molecule has 0 saturated carbocycles. The maximum absolute atomic E-state index is 12.8. The van der Waals surface area contributed by atoms with Crippen molar-refractivity contribution in [3.8, 4) is 0 Å². The van der Waals surface area contributed by atoms with Crippen LogP contribution in [0.4, 0.5) is 30.2 Å². The standard InChI is InChI=1S/C19H14F3N3O6S/c20-19(21,22)11-5-6-12(14(7-11)25(29)30)23-16(26)9-31-18(28)8-24-13-3-1-2-4-15(13)32-10-17(24)27/h1-7H,8-10H2,(H,23,26). The number of nitro groups is 1. The summed E-state index contributed by atoms with van der Waals surface area (Å²) in [4.78, 5) is 48.3. The first kappa shape index (κ1) is 23.1. The Labute approximate surface area is 182 Å². The summed E-state index contributed by atoms with van der Waals surface area (Å²) in [5.41, 5.74) is -2.18. The molecule has 0 fully saturated rings. The van der Waals surface area contributed by atoms with Gasteiger partial charge < -0.3 is 10.1 Å². The number of hydrogen-bond donors (Lipinski definition) is 1. The maximum Gasteiger partial charge on any atom is 0.416 e. The minimum Gasteiger partial charge on any atom is -0.454 e. The number of amides is 2. The van der Waals surface area contributed by atoms with Crippen LogP contribution in [0.25, 0.3) is 0 Å². The Balaban J connectivity index is 1.61. The number of halogens is 3. The van der Waals surface area contributed by atoms with Gasteiger partial charge in [-0.05, 0) is 24.3 Å². The number of para-hydroxylation sites is 1. The van der Waals surface area contributed by atoms with Crippen LogP contribution in [0, 0.1) is 10.1 Å². The van der Waals surface area contributed by atoms with Crippen molar-refractivity contribution in [2.24, 2.45) is 0 Å². The van der Waals surface area contributed by atoms with Crippen LogP contribution in [0.1, 0.15) is 5.56 Å². The minimum absolute atomic E-state index is 0.127. The van der Waals surface area contributed by atoms with Gasteiger partial charge in [-0.3, -0.25) is 29.4 Å². The Morgan fingerprint density at radius 3 is 2.62 bits per heavy atom. The fourth-order valence-corrected chi connectivity index (χ4v) is 3.73. The normalized spacial score (nSPS) is 13.3. The summed E-state index contributed by atoms with van der Waals surface area (Å²) < 4.78 is 43.1. The molecule has 32 heavy (non-hydrogen) atoms. The molecule has 0 aliphatic carbocycles. The second-order valence-corrected chi connectivity index (χ2v) is 7.45. The van der Waals surface area contributed by atoms with Crippen LogP contribution in [0.3, 0.4) is 0 Å². The predicted octanol–water partition coefficient (Wildman–Crippen LogP) is 3.23. The van der Waals surface area contributed by atoms with Gasteiger partial charge in [-0.15, -0.1) is 11.8 Å². The van der Waals surface area contributed by atoms with Crippen molar-refractivity contribution >= 4 is 46.6 Å². The van der Waals surface area contributed by atoms with Gasteiger partial charge in [0.05, 0.1) is 21.9 Å². The summed E-state index contributed by atoms with van der Waals surface area (Å²) in [6.07, 6.45) is -4.80. The predicted molar refractivity (Wildman–Crippen MR) is 107 cm³/mol. The molecule has 168 valence electrons. The number of carbonyl (C=O) groups is 3. The van der Waals surface area contributed by atoms with E-state index in [1.54, 1.807) is 24.3 Å². The highest BCUT2D eigenvalue weighted by Gasteiger charge is 2.33. The summed E-state index contributed by atoms with van der Waals surface area (Å²) >= 11 is 1.32. The number of carbonyl (C=O) groups excluding carboxylic acids is 3. The fraction of sp³-hybridized carbons (Fsp3) is 0.211. The molecule has 13 heteroatoms. The second-order valence-electron chi connectivity index (χ2n) is 6.43. The highest BCUT2D eigenvalue weighted by atomic mass is 32.2. The molecule has 0 bridgehead atoms. The number of alkyl halides is 3. The Hall–Kier alpha value is -3.61. The number of thioether (sulfide) groups is 1. The van der Waals surface area contributed by atoms with Gasteiger partial charge in [-0.2, -0.15) is 13.2 Å². The van der Waals surface area contributed by atoms with Crippen molar-refractivity contribution in [2.75, 3.05) is 29.1 Å². The van der Waals surface area contributed by atoms with Crippen LogP contribution in [-0.4, -0.2) is 41.6 Å². The van der Waals surface area contributed by atoms with Crippen molar-refractivity contribution < 1.29 is 37.2 Å². The zero-order chi connectivity index (χ0) is 23.5. The number of nitrogens with zero attached hydrogens (tertiary/aromatic N) is 2. The molecule has 2 amide bonds. The van der Waals surface area contributed by atoms with Crippen LogP contribution in [0.2, 0.25) is 0 Å². The molecule has 0 radical (unpaired) electrons. The van der Waals surface area contributed by atoms with Gasteiger partial charge in [0.2, 0.25) is 5.91 Å². The third kappa shape index (κ3) is 5.35. The molecule has 0 spiro atoms. The molecule has 0 aromatic heterocycles. The number of nitro benzene ring substituents is 1. The monoisotopic (exact) mass is 469 g/mol. The third-order valence-corrected chi connectivity index (χ3v) is 5.30. The van der Waals surface area contributed by atoms with E-state index in [4.69, 9.17) is 4.74 Å². The van der Waals surface area contributed by atoms with Gasteiger partial charge in [0.1, 0.15) is 12.2 Å². The first-order valence-electron chi connectivity index (χ1n) is 8.89. The van der Waals surface area contributed by atoms with E-state index >= 15 is 0 Å². The first-order chi connectivity index (χ1) is 15.1. The minimum atomic E-state index is -4.80. The fourth-order valence-electron chi connectivity index (χ4n) is 2.80. The van der Waals surface area contributed by atoms with Crippen LogP contribution in [0.15, 0.2) is 47.4 Å². The van der Waals surface area contributed by atoms with E-state index in [-0.39, 0.29) is 11.7 Å². The summed E-state index contributed by atoms with van der Waals surface area (Å²) in [5, 5.41) is 13.1. The number of nitrogens with one attached hydrogen (secondary N) is 1. The van der Waals surface area contributed by atoms with E-state index in [1.807, 2.05) is 5.32 Å². The molecule has 9 nitrogen and oxygen atoms in total. The largest absolute Gasteiger partial charge is 0.454 e. The zero-order valence-corrected chi connectivity index (χ0v) is 16.9. The number of anilines is 2. The number of esters is 1. The van der Waals surface area contributed by atoms with E-state index in [0.29, 0.717) is 17.8 Å². The Kier molecular flexibility index (Phi) is 6.67. The molecule has 1 aliphatic heterocycles. The molecule has 1 aliphatic rings. The average Bonchev–Trinajstić information content (AvgIpc) is 2.73. The molecule has 1 N–H and O–H groups in total. The van der Waals surface area contributed by atoms with Crippen molar-refractivity contribution in [3.63, 3.8) is 0 Å². The quantitative estimate of drug-likeness (QED) is 0.392. The summed E-state index contributed by atoms with van der Waals surface area (Å²) in [5.74, 6) is -2.10. The van der Waals surface area contributed by atoms with Crippen molar-refractivity contribution in [2.45, 2.75) is 11.1 Å². The van der Waals surface area contributed by atoms with Gasteiger partial charge in [0.15, 0.2) is 6.61 Å². The summed E-state index contributed by atoms with van der Waals surface area (Å²) in [6.45, 7) is -1.31. The van der Waals surface area contributed by atoms with Gasteiger partial charge in [0.25, 0.3) is 11.6 Å². The van der Waals surface area contributed by atoms with Gasteiger partial charge in [-0.1, -0.05) is 12.1 Å². The highest BCUT2D eigenvalue weighted by Crippen LogP contribution is 2.36. The summed E-state index contributed by atoms with van der Waals surface area (Å²) in [7, 11) is 0. The zero-order valence-electron chi connectivity index (χ0n) is 16.0. The lowest BCUT2D eigenvalue weighted by molar-refractivity contribution is -0.384. The van der Waals surface area contributed by atoms with E-state index in [2.05, 4.69) is 0 Å². The lowest BCUT2D eigenvalue weighted by Crippen LogP contribution is -2.40. The molecule has 1 heterocycles. The van der Waals surface area contributed by atoms with Gasteiger partial charge in [0, 0.05) is 11.0 Å². The van der Waals surface area contributed by atoms with Crippen LogP contribution < -0.4 is 10.2 Å². The number of benzene rings is 2. The maximum atomic E-state index is 12.8. The highest BCUT2D eigenvalue weighted by molar-refractivity contribution is 8.00. The number of hydrogen-bond acceptors (Lipinski definition) is 7. The third-order valence-electron chi connectivity index (χ3n) is 4.26. The second kappa shape index (κ2) is 9.26. The Bertz CT molecular complexity index is 1090. The van der Waals surface area contributed by atoms with Gasteiger partial charge >= 0.3 is 12.1 Å². The average molecular weight is 469 g/mol. The molecular formula is C19H14F3N3O6S. The topological polar surface area (TPSA) is 119 Å². The number of rotatable bonds is 6. The van der Waals surface area contributed by atoms with Crippen LogP contribution in [0.5, 0.6) is 0 Å². The molecular weight excluding hydrogens is 455 g/mol. The molecule has 0 atom stereocenters. The molecule has 3 rings (SSSR count). The molecule has 2 aromatic rings. The Morgan fingerprint density at radius 2 is 1.94 bits per heavy atom. The van der Waals surface area contributed by atoms with Crippen LogP contribution >= 0.6 is 11.8 Å².